The molecule has 3 nitrogen and oxygen atoms in total. The summed E-state index contributed by atoms with van der Waals surface area (Å²) in [4.78, 5) is -0.160. The van der Waals surface area contributed by atoms with Gasteiger partial charge >= 0.3 is 0 Å². The van der Waals surface area contributed by atoms with Crippen LogP contribution in [-0.2, 0) is 16.5 Å². The summed E-state index contributed by atoms with van der Waals surface area (Å²) in [7, 11) is -4.40. The third-order valence-corrected chi connectivity index (χ3v) is 5.03. The quantitative estimate of drug-likeness (QED) is 0.548. The Bertz CT molecular complexity index is 756. The normalized spacial score (nSPS) is 13.3. The molecule has 2 aromatic rings. The number of unbranched alkanes of at least 4 members (excludes halogenated alkanes) is 3. The second-order valence-electron chi connectivity index (χ2n) is 5.90. The van der Waals surface area contributed by atoms with Crippen molar-refractivity contribution in [3.63, 3.8) is 0 Å². The zero-order chi connectivity index (χ0) is 16.9. The van der Waals surface area contributed by atoms with Gasteiger partial charge in [-0.05, 0) is 17.4 Å². The van der Waals surface area contributed by atoms with Crippen molar-refractivity contribution in [2.45, 2.75) is 56.5 Å². The van der Waals surface area contributed by atoms with Gasteiger partial charge in [0, 0.05) is 11.8 Å². The molecule has 0 spiro atoms. The molecule has 126 valence electrons. The number of benzene rings is 2. The van der Waals surface area contributed by atoms with Gasteiger partial charge in [-0.25, -0.2) is 4.39 Å². The van der Waals surface area contributed by atoms with E-state index >= 15 is 0 Å². The van der Waals surface area contributed by atoms with Crippen molar-refractivity contribution in [1.29, 1.82) is 0 Å². The van der Waals surface area contributed by atoms with Crippen molar-refractivity contribution in [3.8, 4) is 0 Å². The fourth-order valence-corrected chi connectivity index (χ4v) is 3.83. The molecule has 0 aromatic heterocycles. The summed E-state index contributed by atoms with van der Waals surface area (Å²) in [6, 6.07) is 10.3. The molecule has 0 bridgehead atoms. The Hall–Kier alpha value is -1.46. The average Bonchev–Trinajstić information content (AvgIpc) is 2.50. The van der Waals surface area contributed by atoms with Crippen LogP contribution in [0.1, 0.15) is 44.6 Å². The minimum Gasteiger partial charge on any atom is -0.282 e. The maximum Gasteiger partial charge on any atom is 0.295 e. The van der Waals surface area contributed by atoms with Crippen molar-refractivity contribution in [2.24, 2.45) is 0 Å². The highest BCUT2D eigenvalue weighted by molar-refractivity contribution is 7.86. The Labute approximate surface area is 137 Å². The fourth-order valence-electron chi connectivity index (χ4n) is 2.89. The number of fused-ring (bicyclic) bond motifs is 1. The van der Waals surface area contributed by atoms with Gasteiger partial charge in [-0.15, -0.1) is 0 Å². The number of alkyl halides is 1. The molecule has 0 saturated heterocycles. The Balaban J connectivity index is 2.26. The monoisotopic (exact) mass is 338 g/mol. The zero-order valence-electron chi connectivity index (χ0n) is 13.3. The third kappa shape index (κ3) is 4.75. The largest absolute Gasteiger partial charge is 0.295 e. The average molecular weight is 338 g/mol. The predicted octanol–water partition coefficient (Wildman–Crippen LogP) is 4.94. The van der Waals surface area contributed by atoms with E-state index in [0.29, 0.717) is 22.8 Å². The van der Waals surface area contributed by atoms with Gasteiger partial charge in [0.1, 0.15) is 11.1 Å². The van der Waals surface area contributed by atoms with Gasteiger partial charge in [-0.1, -0.05) is 69.0 Å². The Kier molecular flexibility index (Phi) is 6.13. The molecule has 0 aliphatic rings. The van der Waals surface area contributed by atoms with Crippen LogP contribution >= 0.6 is 0 Å². The van der Waals surface area contributed by atoms with Gasteiger partial charge in [0.05, 0.1) is 0 Å². The first-order valence-corrected chi connectivity index (χ1v) is 9.49. The van der Waals surface area contributed by atoms with Crippen LogP contribution in [-0.4, -0.2) is 19.1 Å². The summed E-state index contributed by atoms with van der Waals surface area (Å²) in [5.74, 6) is 0. The first kappa shape index (κ1) is 17.9. The summed E-state index contributed by atoms with van der Waals surface area (Å²) in [5, 5.41) is 1.15. The highest BCUT2D eigenvalue weighted by Gasteiger charge is 2.21. The lowest BCUT2D eigenvalue weighted by Crippen LogP contribution is -2.10. The first-order valence-electron chi connectivity index (χ1n) is 8.05. The van der Waals surface area contributed by atoms with E-state index in [2.05, 4.69) is 6.92 Å². The lowest BCUT2D eigenvalue weighted by molar-refractivity contribution is 0.302. The first-order chi connectivity index (χ1) is 10.9. The molecule has 0 amide bonds. The van der Waals surface area contributed by atoms with Gasteiger partial charge in [-0.3, -0.25) is 4.55 Å². The van der Waals surface area contributed by atoms with Gasteiger partial charge in [0.15, 0.2) is 0 Å². The fraction of sp³-hybridized carbons (Fsp3) is 0.444. The van der Waals surface area contributed by atoms with Crippen molar-refractivity contribution in [1.82, 2.24) is 0 Å². The third-order valence-electron chi connectivity index (χ3n) is 4.03. The van der Waals surface area contributed by atoms with Crippen LogP contribution in [0.2, 0.25) is 0 Å². The van der Waals surface area contributed by atoms with Crippen LogP contribution in [0.25, 0.3) is 10.8 Å². The van der Waals surface area contributed by atoms with Gasteiger partial charge < -0.3 is 0 Å². The second kappa shape index (κ2) is 7.88. The number of halogens is 1. The van der Waals surface area contributed by atoms with Crippen LogP contribution in [0.5, 0.6) is 0 Å². The molecule has 23 heavy (non-hydrogen) atoms. The molecular weight excluding hydrogens is 315 g/mol. The Morgan fingerprint density at radius 3 is 2.52 bits per heavy atom. The molecule has 0 aliphatic carbocycles. The van der Waals surface area contributed by atoms with E-state index in [-0.39, 0.29) is 11.3 Å². The topological polar surface area (TPSA) is 54.4 Å². The summed E-state index contributed by atoms with van der Waals surface area (Å²) in [6.45, 7) is 2.10. The number of rotatable bonds is 8. The van der Waals surface area contributed by atoms with Gasteiger partial charge in [-0.2, -0.15) is 8.42 Å². The molecule has 2 aromatic carbocycles. The Morgan fingerprint density at radius 1 is 1.09 bits per heavy atom. The molecule has 0 aliphatic heterocycles. The van der Waals surface area contributed by atoms with E-state index in [1.807, 2.05) is 0 Å². The van der Waals surface area contributed by atoms with E-state index in [9.17, 15) is 17.4 Å². The van der Waals surface area contributed by atoms with E-state index in [1.165, 1.54) is 0 Å². The van der Waals surface area contributed by atoms with Crippen LogP contribution in [0, 0.1) is 0 Å². The van der Waals surface area contributed by atoms with E-state index in [4.69, 9.17) is 0 Å². The molecule has 2 rings (SSSR count). The lowest BCUT2D eigenvalue weighted by Gasteiger charge is -2.13. The maximum atomic E-state index is 14.2. The highest BCUT2D eigenvalue weighted by atomic mass is 32.2. The minimum atomic E-state index is -4.40. The van der Waals surface area contributed by atoms with Crippen molar-refractivity contribution in [3.05, 3.63) is 42.0 Å². The zero-order valence-corrected chi connectivity index (χ0v) is 14.2. The van der Waals surface area contributed by atoms with Crippen molar-refractivity contribution >= 4 is 20.9 Å². The summed E-state index contributed by atoms with van der Waals surface area (Å²) in [6.07, 6.45) is 3.27. The molecule has 0 saturated carbocycles. The van der Waals surface area contributed by atoms with Gasteiger partial charge in [0.25, 0.3) is 10.1 Å². The lowest BCUT2D eigenvalue weighted by atomic mass is 10.0. The minimum absolute atomic E-state index is 0.00603. The summed E-state index contributed by atoms with van der Waals surface area (Å²) in [5.41, 5.74) is 0.342. The Morgan fingerprint density at radius 2 is 1.83 bits per heavy atom. The molecule has 0 fully saturated rings. The van der Waals surface area contributed by atoms with E-state index < -0.39 is 16.3 Å². The predicted molar refractivity (Wildman–Crippen MR) is 91.1 cm³/mol. The van der Waals surface area contributed by atoms with Crippen molar-refractivity contribution < 1.29 is 17.4 Å². The molecule has 0 heterocycles. The SMILES string of the molecule is CCCCCCC(F)Cc1ccc2ccccc2c1S(=O)(=O)O. The van der Waals surface area contributed by atoms with Crippen LogP contribution in [0.15, 0.2) is 41.3 Å². The molecular formula is C18H23FO3S. The van der Waals surface area contributed by atoms with E-state index in [1.54, 1.807) is 36.4 Å². The molecule has 0 radical (unpaired) electrons. The molecule has 1 unspecified atom stereocenters. The maximum absolute atomic E-state index is 14.2. The summed E-state index contributed by atoms with van der Waals surface area (Å²) < 4.78 is 47.3. The number of hydrogen-bond acceptors (Lipinski definition) is 2. The molecule has 1 N–H and O–H groups in total. The highest BCUT2D eigenvalue weighted by Crippen LogP contribution is 2.28. The van der Waals surface area contributed by atoms with Crippen molar-refractivity contribution in [2.75, 3.05) is 0 Å². The smallest absolute Gasteiger partial charge is 0.282 e. The van der Waals surface area contributed by atoms with Crippen LogP contribution in [0.4, 0.5) is 4.39 Å². The van der Waals surface area contributed by atoms with E-state index in [0.717, 1.165) is 25.7 Å². The molecule has 5 heteroatoms. The standard InChI is InChI=1S/C18H23FO3S/c1-2-3-4-5-9-16(19)13-15-12-11-14-8-6-7-10-17(14)18(15)23(20,21)22/h6-8,10-12,16H,2-5,9,13H2,1H3,(H,20,21,22). The van der Waals surface area contributed by atoms with Gasteiger partial charge in [0.2, 0.25) is 0 Å². The van der Waals surface area contributed by atoms with Crippen LogP contribution in [0.3, 0.4) is 0 Å². The number of hydrogen-bond donors (Lipinski definition) is 1. The molecule has 1 atom stereocenters. The summed E-state index contributed by atoms with van der Waals surface area (Å²) >= 11 is 0. The van der Waals surface area contributed by atoms with Crippen LogP contribution < -0.4 is 0 Å². The second-order valence-corrected chi connectivity index (χ2v) is 7.26.